The Kier molecular flexibility index (Phi) is 2.55. The number of aliphatic hydroxyl groups is 1. The minimum absolute atomic E-state index is 0.0721. The third kappa shape index (κ3) is 1.97. The van der Waals surface area contributed by atoms with Crippen molar-refractivity contribution in [3.63, 3.8) is 0 Å². The van der Waals surface area contributed by atoms with Crippen molar-refractivity contribution in [3.8, 4) is 0 Å². The molecule has 0 aromatic carbocycles. The second-order valence-corrected chi connectivity index (χ2v) is 3.02. The van der Waals surface area contributed by atoms with Gasteiger partial charge in [0.05, 0.1) is 13.2 Å². The van der Waals surface area contributed by atoms with Crippen LogP contribution in [0.5, 0.6) is 0 Å². The van der Waals surface area contributed by atoms with Crippen LogP contribution in [0.3, 0.4) is 0 Å². The Morgan fingerprint density at radius 3 is 2.71 bits per heavy atom. The quantitative estimate of drug-likeness (QED) is 0.777. The molecule has 0 atom stereocenters. The maximum atomic E-state index is 8.87. The minimum Gasteiger partial charge on any atom is -0.392 e. The highest BCUT2D eigenvalue weighted by Gasteiger charge is 1.98. The predicted molar refractivity (Wildman–Crippen MR) is 51.5 cm³/mol. The van der Waals surface area contributed by atoms with Crippen molar-refractivity contribution >= 4 is 0 Å². The summed E-state index contributed by atoms with van der Waals surface area (Å²) in [4.78, 5) is 8.23. The fraction of sp³-hybridized carbons (Fsp3) is 0.200. The molecule has 14 heavy (non-hydrogen) atoms. The molecule has 1 N–H and O–H groups in total. The van der Waals surface area contributed by atoms with Gasteiger partial charge in [-0.15, -0.1) is 0 Å². The summed E-state index contributed by atoms with van der Waals surface area (Å²) in [6.45, 7) is 0.712. The fourth-order valence-corrected chi connectivity index (χ4v) is 1.26. The molecule has 0 radical (unpaired) electrons. The number of nitrogens with zero attached hydrogens (tertiary/aromatic N) is 3. The average Bonchev–Trinajstić information content (AvgIpc) is 2.67. The molecule has 0 saturated heterocycles. The molecular formula is C10H11N3O. The predicted octanol–water partition coefficient (Wildman–Crippen LogP) is 0.819. The topological polar surface area (TPSA) is 50.9 Å². The lowest BCUT2D eigenvalue weighted by molar-refractivity contribution is 0.281. The molecule has 0 spiro atoms. The normalized spacial score (nSPS) is 10.4. The molecule has 0 aliphatic carbocycles. The van der Waals surface area contributed by atoms with Crippen LogP contribution < -0.4 is 0 Å². The molecule has 0 amide bonds. The monoisotopic (exact) mass is 189 g/mol. The van der Waals surface area contributed by atoms with Crippen molar-refractivity contribution in [2.75, 3.05) is 0 Å². The van der Waals surface area contributed by atoms with Crippen molar-refractivity contribution in [1.82, 2.24) is 14.5 Å². The van der Waals surface area contributed by atoms with Crippen LogP contribution in [0.25, 0.3) is 0 Å². The van der Waals surface area contributed by atoms with Crippen LogP contribution in [0, 0.1) is 0 Å². The molecule has 0 bridgehead atoms. The molecule has 0 saturated carbocycles. The van der Waals surface area contributed by atoms with Gasteiger partial charge in [-0.25, -0.2) is 9.97 Å². The van der Waals surface area contributed by atoms with E-state index >= 15 is 0 Å². The van der Waals surface area contributed by atoms with Gasteiger partial charge in [0.1, 0.15) is 5.82 Å². The summed E-state index contributed by atoms with van der Waals surface area (Å²) in [6, 6.07) is 3.67. The molecule has 2 heterocycles. The van der Waals surface area contributed by atoms with E-state index in [4.69, 9.17) is 5.11 Å². The summed E-state index contributed by atoms with van der Waals surface area (Å²) < 4.78 is 1.95. The Morgan fingerprint density at radius 2 is 2.07 bits per heavy atom. The van der Waals surface area contributed by atoms with Gasteiger partial charge in [-0.2, -0.15) is 0 Å². The van der Waals surface area contributed by atoms with Crippen LogP contribution in [-0.2, 0) is 13.2 Å². The third-order valence-corrected chi connectivity index (χ3v) is 1.94. The Balaban J connectivity index is 2.11. The van der Waals surface area contributed by atoms with Crippen LogP contribution in [0.15, 0.2) is 36.9 Å². The van der Waals surface area contributed by atoms with Gasteiger partial charge in [0, 0.05) is 24.8 Å². The molecule has 2 rings (SSSR count). The lowest BCUT2D eigenvalue weighted by Gasteiger charge is -1.99. The van der Waals surface area contributed by atoms with Gasteiger partial charge in [-0.05, 0) is 17.7 Å². The van der Waals surface area contributed by atoms with E-state index in [0.29, 0.717) is 6.54 Å². The Hall–Kier alpha value is -1.68. The summed E-state index contributed by atoms with van der Waals surface area (Å²) in [5.74, 6) is 0.771. The van der Waals surface area contributed by atoms with Gasteiger partial charge in [0.2, 0.25) is 0 Å². The molecule has 0 fully saturated rings. The summed E-state index contributed by atoms with van der Waals surface area (Å²) in [7, 11) is 0. The van der Waals surface area contributed by atoms with Crippen LogP contribution in [-0.4, -0.2) is 19.6 Å². The first kappa shape index (κ1) is 8.90. The van der Waals surface area contributed by atoms with E-state index in [1.807, 2.05) is 23.0 Å². The van der Waals surface area contributed by atoms with Crippen LogP contribution in [0.4, 0.5) is 0 Å². The van der Waals surface area contributed by atoms with E-state index in [2.05, 4.69) is 9.97 Å². The molecule has 4 heteroatoms. The zero-order valence-corrected chi connectivity index (χ0v) is 7.67. The Morgan fingerprint density at radius 1 is 1.29 bits per heavy atom. The molecule has 72 valence electrons. The smallest absolute Gasteiger partial charge is 0.147 e. The van der Waals surface area contributed by atoms with Gasteiger partial charge in [-0.3, -0.25) is 0 Å². The van der Waals surface area contributed by atoms with Crippen molar-refractivity contribution < 1.29 is 5.11 Å². The van der Waals surface area contributed by atoms with Crippen molar-refractivity contribution in [1.29, 1.82) is 0 Å². The second kappa shape index (κ2) is 4.02. The number of hydrogen-bond acceptors (Lipinski definition) is 3. The lowest BCUT2D eigenvalue weighted by atomic mass is 10.4. The lowest BCUT2D eigenvalue weighted by Crippen LogP contribution is -2.00. The maximum Gasteiger partial charge on any atom is 0.147 e. The number of rotatable bonds is 3. The summed E-state index contributed by atoms with van der Waals surface area (Å²) >= 11 is 0. The zero-order valence-electron chi connectivity index (χ0n) is 7.67. The van der Waals surface area contributed by atoms with Gasteiger partial charge in [0.15, 0.2) is 0 Å². The maximum absolute atomic E-state index is 8.87. The van der Waals surface area contributed by atoms with E-state index in [0.717, 1.165) is 11.4 Å². The van der Waals surface area contributed by atoms with Gasteiger partial charge >= 0.3 is 0 Å². The first-order chi connectivity index (χ1) is 6.88. The van der Waals surface area contributed by atoms with Crippen molar-refractivity contribution in [2.45, 2.75) is 13.2 Å². The summed E-state index contributed by atoms with van der Waals surface area (Å²) in [6.07, 6.45) is 7.23. The SMILES string of the molecule is OCc1ccn(Cc2ncccn2)c1. The summed E-state index contributed by atoms with van der Waals surface area (Å²) in [5, 5.41) is 8.87. The molecule has 2 aromatic heterocycles. The van der Waals surface area contributed by atoms with Gasteiger partial charge < -0.3 is 9.67 Å². The zero-order chi connectivity index (χ0) is 9.80. The molecular weight excluding hydrogens is 178 g/mol. The second-order valence-electron chi connectivity index (χ2n) is 3.02. The van der Waals surface area contributed by atoms with E-state index < -0.39 is 0 Å². The van der Waals surface area contributed by atoms with Gasteiger partial charge in [0.25, 0.3) is 0 Å². The van der Waals surface area contributed by atoms with Crippen molar-refractivity contribution in [3.05, 3.63) is 48.3 Å². The first-order valence-corrected chi connectivity index (χ1v) is 4.40. The largest absolute Gasteiger partial charge is 0.392 e. The number of aromatic nitrogens is 3. The van der Waals surface area contributed by atoms with Crippen LogP contribution in [0.2, 0.25) is 0 Å². The molecule has 2 aromatic rings. The highest BCUT2D eigenvalue weighted by atomic mass is 16.3. The van der Waals surface area contributed by atoms with E-state index in [1.54, 1.807) is 18.5 Å². The molecule has 4 nitrogen and oxygen atoms in total. The number of hydrogen-bond donors (Lipinski definition) is 1. The van der Waals surface area contributed by atoms with E-state index in [9.17, 15) is 0 Å². The Bertz CT molecular complexity index is 397. The average molecular weight is 189 g/mol. The summed E-state index contributed by atoms with van der Waals surface area (Å²) in [5.41, 5.74) is 0.904. The van der Waals surface area contributed by atoms with Crippen LogP contribution in [0.1, 0.15) is 11.4 Å². The minimum atomic E-state index is 0.0721. The van der Waals surface area contributed by atoms with Gasteiger partial charge in [-0.1, -0.05) is 0 Å². The molecule has 0 aliphatic rings. The number of aliphatic hydroxyl groups excluding tert-OH is 1. The van der Waals surface area contributed by atoms with Crippen LogP contribution >= 0.6 is 0 Å². The highest BCUT2D eigenvalue weighted by Crippen LogP contribution is 2.02. The highest BCUT2D eigenvalue weighted by molar-refractivity contribution is 5.09. The van der Waals surface area contributed by atoms with E-state index in [-0.39, 0.29) is 6.61 Å². The van der Waals surface area contributed by atoms with Crippen molar-refractivity contribution in [2.24, 2.45) is 0 Å². The molecule has 0 unspecified atom stereocenters. The fourth-order valence-electron chi connectivity index (χ4n) is 1.26. The van der Waals surface area contributed by atoms with E-state index in [1.165, 1.54) is 0 Å². The first-order valence-electron chi connectivity index (χ1n) is 4.40. The standard InChI is InChI=1S/C10H11N3O/c14-8-9-2-5-13(6-9)7-10-11-3-1-4-12-10/h1-6,14H,7-8H2. The molecule has 0 aliphatic heterocycles. The Labute approximate surface area is 81.9 Å². The third-order valence-electron chi connectivity index (χ3n) is 1.94.